The molecule has 31 heavy (non-hydrogen) atoms. The third-order valence-corrected chi connectivity index (χ3v) is 10.9. The van der Waals surface area contributed by atoms with Crippen molar-refractivity contribution < 1.29 is 0 Å². The van der Waals surface area contributed by atoms with E-state index in [1.165, 1.54) is 83.0 Å². The average molecular weight is 425 g/mol. The highest BCUT2D eigenvalue weighted by atomic mass is 15.2. The van der Waals surface area contributed by atoms with E-state index in [1.54, 1.807) is 5.70 Å². The summed E-state index contributed by atoms with van der Waals surface area (Å²) in [6, 6.07) is 0. The van der Waals surface area contributed by atoms with Gasteiger partial charge < -0.3 is 4.90 Å². The second-order valence-electron chi connectivity index (χ2n) is 13.0. The lowest BCUT2D eigenvalue weighted by atomic mass is 9.48. The van der Waals surface area contributed by atoms with Crippen molar-refractivity contribution in [3.8, 4) is 0 Å². The van der Waals surface area contributed by atoms with E-state index in [-0.39, 0.29) is 0 Å². The van der Waals surface area contributed by atoms with Crippen LogP contribution in [0.4, 0.5) is 0 Å². The molecule has 0 amide bonds. The Labute approximate surface area is 192 Å². The van der Waals surface area contributed by atoms with E-state index in [0.717, 1.165) is 42.1 Å². The molecule has 0 spiro atoms. The van der Waals surface area contributed by atoms with Gasteiger partial charge in [0, 0.05) is 30.6 Å². The van der Waals surface area contributed by atoms with Crippen LogP contribution in [0.3, 0.4) is 0 Å². The van der Waals surface area contributed by atoms with Gasteiger partial charge in [-0.1, -0.05) is 60.0 Å². The van der Waals surface area contributed by atoms with Gasteiger partial charge in [0.15, 0.2) is 0 Å². The number of rotatable bonds is 5. The smallest absolute Gasteiger partial charge is 0.103 e. The summed E-state index contributed by atoms with van der Waals surface area (Å²) in [4.78, 5) is 7.57. The molecular weight excluding hydrogens is 376 g/mol. The van der Waals surface area contributed by atoms with Crippen LogP contribution >= 0.6 is 0 Å². The molecule has 3 aliphatic carbocycles. The lowest BCUT2D eigenvalue weighted by molar-refractivity contribution is -0.0539. The van der Waals surface area contributed by atoms with Crippen molar-refractivity contribution in [3.63, 3.8) is 0 Å². The van der Waals surface area contributed by atoms with Crippen LogP contribution < -0.4 is 0 Å². The second-order valence-corrected chi connectivity index (χ2v) is 13.0. The summed E-state index contributed by atoms with van der Waals surface area (Å²) in [6.45, 7) is 15.0. The Hall–Kier alpha value is -0.790. The van der Waals surface area contributed by atoms with Crippen molar-refractivity contribution in [2.75, 3.05) is 13.1 Å². The molecule has 0 N–H and O–H groups in total. The number of fused-ring (bicyclic) bond motifs is 7. The highest BCUT2D eigenvalue weighted by Gasteiger charge is 2.59. The van der Waals surface area contributed by atoms with Crippen LogP contribution in [0.5, 0.6) is 0 Å². The molecule has 2 nitrogen and oxygen atoms in total. The predicted octanol–water partition coefficient (Wildman–Crippen LogP) is 7.70. The van der Waals surface area contributed by atoms with E-state index in [2.05, 4.69) is 45.6 Å². The fraction of sp³-hybridized carbons (Fsp3) is 0.897. The number of piperidine rings is 1. The molecule has 0 aromatic heterocycles. The second kappa shape index (κ2) is 8.21. The van der Waals surface area contributed by atoms with Crippen LogP contribution in [-0.2, 0) is 0 Å². The summed E-state index contributed by atoms with van der Waals surface area (Å²) in [5.74, 6) is 6.96. The lowest BCUT2D eigenvalue weighted by Crippen LogP contribution is -2.55. The Balaban J connectivity index is 1.35. The molecule has 0 aromatic rings. The fourth-order valence-electron chi connectivity index (χ4n) is 9.33. The molecule has 0 bridgehead atoms. The van der Waals surface area contributed by atoms with Gasteiger partial charge in [-0.3, -0.25) is 4.99 Å². The monoisotopic (exact) mass is 424 g/mol. The number of nitrogens with zero attached hydrogens (tertiary/aromatic N) is 2. The predicted molar refractivity (Wildman–Crippen MR) is 132 cm³/mol. The molecule has 0 aromatic carbocycles. The third-order valence-electron chi connectivity index (χ3n) is 10.9. The highest BCUT2D eigenvalue weighted by Crippen LogP contribution is 2.67. The molecule has 7 atom stereocenters. The first-order valence-electron chi connectivity index (χ1n) is 13.9. The maximum absolute atomic E-state index is 4.91. The summed E-state index contributed by atoms with van der Waals surface area (Å²) in [6.07, 6.45) is 18.1. The Morgan fingerprint density at radius 1 is 1.06 bits per heavy atom. The minimum atomic E-state index is 0.404. The van der Waals surface area contributed by atoms with Gasteiger partial charge in [0.2, 0.25) is 0 Å². The number of amidine groups is 1. The van der Waals surface area contributed by atoms with Crippen LogP contribution in [0, 0.1) is 46.3 Å². The molecular formula is C29H48N2. The van der Waals surface area contributed by atoms with Gasteiger partial charge in [-0.05, 0) is 85.9 Å². The van der Waals surface area contributed by atoms with Crippen LogP contribution in [0.15, 0.2) is 16.8 Å². The number of hydrogen-bond acceptors (Lipinski definition) is 2. The SMILES string of the molecule is CC(C)CCC[C@@H](C)[C@@H]1CC[C@H]2[C@H]3CC=C4N5CCCN=C5CC[C@]4(C)[C@@H]3CC[C@@]21C. The first kappa shape index (κ1) is 22.0. The largest absolute Gasteiger partial charge is 0.334 e. The van der Waals surface area contributed by atoms with E-state index in [1.807, 2.05) is 0 Å². The first-order chi connectivity index (χ1) is 14.8. The van der Waals surface area contributed by atoms with Gasteiger partial charge in [-0.2, -0.15) is 0 Å². The van der Waals surface area contributed by atoms with E-state index in [4.69, 9.17) is 4.99 Å². The van der Waals surface area contributed by atoms with Crippen LogP contribution in [0.1, 0.15) is 105 Å². The lowest BCUT2D eigenvalue weighted by Gasteiger charge is -2.60. The van der Waals surface area contributed by atoms with E-state index in [9.17, 15) is 0 Å². The molecule has 5 rings (SSSR count). The zero-order valence-corrected chi connectivity index (χ0v) is 21.1. The summed E-state index contributed by atoms with van der Waals surface area (Å²) >= 11 is 0. The molecule has 2 heteroatoms. The van der Waals surface area contributed by atoms with Gasteiger partial charge in [0.05, 0.1) is 0 Å². The maximum Gasteiger partial charge on any atom is 0.103 e. The zero-order chi connectivity index (χ0) is 21.8. The third kappa shape index (κ3) is 3.54. The van der Waals surface area contributed by atoms with Crippen molar-refractivity contribution in [2.45, 2.75) is 105 Å². The minimum Gasteiger partial charge on any atom is -0.334 e. The Morgan fingerprint density at radius 3 is 2.71 bits per heavy atom. The Morgan fingerprint density at radius 2 is 1.90 bits per heavy atom. The standard InChI is InChI=1S/C29H48N2/c1-20(2)8-6-9-21(3)23-11-12-24-22-10-13-26-29(5,25(22)14-16-28(23,24)4)17-15-27-30-18-7-19-31(26)27/h13,20-25H,6-12,14-19H2,1-5H3/t21-,22-,23+,24+,25-,28-,29-/m1/s1. The molecule has 2 saturated carbocycles. The molecule has 174 valence electrons. The normalized spacial score (nSPS) is 42.8. The summed E-state index contributed by atoms with van der Waals surface area (Å²) < 4.78 is 0. The van der Waals surface area contributed by atoms with Crippen molar-refractivity contribution in [1.29, 1.82) is 0 Å². The quantitative estimate of drug-likeness (QED) is 0.441. The van der Waals surface area contributed by atoms with Crippen molar-refractivity contribution in [3.05, 3.63) is 11.8 Å². The van der Waals surface area contributed by atoms with Gasteiger partial charge in [0.25, 0.3) is 0 Å². The van der Waals surface area contributed by atoms with E-state index in [0.29, 0.717) is 10.8 Å². The van der Waals surface area contributed by atoms with E-state index >= 15 is 0 Å². The fourth-order valence-corrected chi connectivity index (χ4v) is 9.33. The molecule has 2 heterocycles. The minimum absolute atomic E-state index is 0.404. The van der Waals surface area contributed by atoms with Gasteiger partial charge >= 0.3 is 0 Å². The summed E-state index contributed by atoms with van der Waals surface area (Å²) in [5, 5.41) is 0. The Bertz CT molecular complexity index is 735. The maximum atomic E-state index is 4.91. The van der Waals surface area contributed by atoms with Crippen molar-refractivity contribution >= 4 is 5.84 Å². The summed E-state index contributed by atoms with van der Waals surface area (Å²) in [7, 11) is 0. The van der Waals surface area contributed by atoms with Gasteiger partial charge in [-0.25, -0.2) is 0 Å². The van der Waals surface area contributed by atoms with Crippen molar-refractivity contribution in [2.24, 2.45) is 51.3 Å². The van der Waals surface area contributed by atoms with Gasteiger partial charge in [0.1, 0.15) is 5.84 Å². The van der Waals surface area contributed by atoms with Gasteiger partial charge in [-0.15, -0.1) is 0 Å². The molecule has 0 radical (unpaired) electrons. The molecule has 2 aliphatic heterocycles. The number of hydrogen-bond donors (Lipinski definition) is 0. The van der Waals surface area contributed by atoms with Crippen molar-refractivity contribution in [1.82, 2.24) is 4.90 Å². The molecule has 3 fully saturated rings. The van der Waals surface area contributed by atoms with Crippen LogP contribution in [0.25, 0.3) is 0 Å². The Kier molecular flexibility index (Phi) is 5.83. The summed E-state index contributed by atoms with van der Waals surface area (Å²) in [5.41, 5.74) is 2.69. The number of allylic oxidation sites excluding steroid dienone is 2. The molecule has 5 aliphatic rings. The van der Waals surface area contributed by atoms with Crippen LogP contribution in [-0.4, -0.2) is 23.8 Å². The first-order valence-corrected chi connectivity index (χ1v) is 13.9. The molecule has 1 saturated heterocycles. The highest BCUT2D eigenvalue weighted by molar-refractivity contribution is 5.86. The zero-order valence-electron chi connectivity index (χ0n) is 21.1. The van der Waals surface area contributed by atoms with Crippen LogP contribution in [0.2, 0.25) is 0 Å². The topological polar surface area (TPSA) is 15.6 Å². The molecule has 0 unspecified atom stereocenters. The van der Waals surface area contributed by atoms with E-state index < -0.39 is 0 Å². The number of aliphatic imine (C=N–C) groups is 1. The average Bonchev–Trinajstić information content (AvgIpc) is 3.10.